The highest BCUT2D eigenvalue weighted by Gasteiger charge is 2.45. The van der Waals surface area contributed by atoms with E-state index >= 15 is 0 Å². The van der Waals surface area contributed by atoms with Crippen LogP contribution >= 0.6 is 15.9 Å². The normalized spacial score (nSPS) is 20.4. The van der Waals surface area contributed by atoms with Crippen molar-refractivity contribution in [1.82, 2.24) is 4.90 Å². The van der Waals surface area contributed by atoms with Gasteiger partial charge in [-0.3, -0.25) is 4.79 Å². The third kappa shape index (κ3) is 4.19. The quantitative estimate of drug-likeness (QED) is 0.605. The molecular formula is C21H21BrFNO4. The number of rotatable bonds is 5. The molecule has 1 fully saturated rings. The first-order chi connectivity index (χ1) is 13.3. The van der Waals surface area contributed by atoms with Crippen molar-refractivity contribution in [2.75, 3.05) is 13.7 Å². The number of cyclic esters (lactones) is 1. The Bertz CT molecular complexity index is 856. The van der Waals surface area contributed by atoms with Crippen molar-refractivity contribution in [1.29, 1.82) is 0 Å². The zero-order chi connectivity index (χ0) is 20.3. The van der Waals surface area contributed by atoms with Gasteiger partial charge in [0.2, 0.25) is 0 Å². The minimum absolute atomic E-state index is 0.124. The largest absolute Gasteiger partial charge is 0.469 e. The zero-order valence-corrected chi connectivity index (χ0v) is 17.2. The van der Waals surface area contributed by atoms with Gasteiger partial charge in [0.15, 0.2) is 5.60 Å². The average molecular weight is 450 g/mol. The molecule has 1 amide bonds. The Hall–Kier alpha value is -2.41. The SMILES string of the molecule is COC(=O)C[C@]1(c2ccc(F)cc2)CCN([C@@H](C)c2ccc(Br)cc2)C(=O)O1. The van der Waals surface area contributed by atoms with Crippen molar-refractivity contribution in [3.63, 3.8) is 0 Å². The van der Waals surface area contributed by atoms with Crippen LogP contribution in [0.4, 0.5) is 9.18 Å². The summed E-state index contributed by atoms with van der Waals surface area (Å²) in [6, 6.07) is 13.2. The number of hydrogen-bond acceptors (Lipinski definition) is 4. The predicted octanol–water partition coefficient (Wildman–Crippen LogP) is 4.95. The molecule has 0 spiro atoms. The standard InChI is InChI=1S/C21H21BrFNO4/c1-14(15-3-7-17(22)8-4-15)24-12-11-21(28-20(24)26,13-19(25)27-2)16-5-9-18(23)10-6-16/h3-10,14H,11-13H2,1-2H3/t14-,21-/m0/s1. The Morgan fingerprint density at radius 1 is 1.25 bits per heavy atom. The van der Waals surface area contributed by atoms with Crippen LogP contribution in [0.3, 0.4) is 0 Å². The summed E-state index contributed by atoms with van der Waals surface area (Å²) in [4.78, 5) is 26.5. The number of benzene rings is 2. The predicted molar refractivity (Wildman–Crippen MR) is 105 cm³/mol. The van der Waals surface area contributed by atoms with Gasteiger partial charge in [0.25, 0.3) is 0 Å². The Labute approximate surface area is 171 Å². The minimum atomic E-state index is -1.17. The maximum Gasteiger partial charge on any atom is 0.411 e. The van der Waals surface area contributed by atoms with E-state index in [-0.39, 0.29) is 12.5 Å². The molecule has 7 heteroatoms. The smallest absolute Gasteiger partial charge is 0.411 e. The van der Waals surface area contributed by atoms with Gasteiger partial charge >= 0.3 is 12.1 Å². The Kier molecular flexibility index (Phi) is 6.03. The number of esters is 1. The summed E-state index contributed by atoms with van der Waals surface area (Å²) in [5.41, 5.74) is 0.374. The average Bonchev–Trinajstić information content (AvgIpc) is 2.68. The van der Waals surface area contributed by atoms with Crippen LogP contribution in [0.2, 0.25) is 0 Å². The number of amides is 1. The van der Waals surface area contributed by atoms with E-state index in [1.807, 2.05) is 31.2 Å². The van der Waals surface area contributed by atoms with Gasteiger partial charge in [-0.1, -0.05) is 40.2 Å². The van der Waals surface area contributed by atoms with Gasteiger partial charge in [-0.25, -0.2) is 9.18 Å². The first kappa shape index (κ1) is 20.3. The van der Waals surface area contributed by atoms with Gasteiger partial charge in [0.05, 0.1) is 19.6 Å². The highest BCUT2D eigenvalue weighted by molar-refractivity contribution is 9.10. The Morgan fingerprint density at radius 2 is 1.89 bits per heavy atom. The molecule has 1 aliphatic rings. The molecule has 0 N–H and O–H groups in total. The Morgan fingerprint density at radius 3 is 2.46 bits per heavy atom. The molecule has 5 nitrogen and oxygen atoms in total. The monoisotopic (exact) mass is 449 g/mol. The number of hydrogen-bond donors (Lipinski definition) is 0. The lowest BCUT2D eigenvalue weighted by atomic mass is 9.85. The van der Waals surface area contributed by atoms with Crippen LogP contribution in [0.25, 0.3) is 0 Å². The molecule has 28 heavy (non-hydrogen) atoms. The lowest BCUT2D eigenvalue weighted by molar-refractivity contribution is -0.149. The van der Waals surface area contributed by atoms with Crippen LogP contribution in [0.5, 0.6) is 0 Å². The molecule has 1 saturated heterocycles. The Balaban J connectivity index is 1.85. The highest BCUT2D eigenvalue weighted by atomic mass is 79.9. The van der Waals surface area contributed by atoms with Gasteiger partial charge in [0, 0.05) is 17.4 Å². The van der Waals surface area contributed by atoms with Crippen molar-refractivity contribution in [3.05, 3.63) is 69.9 Å². The van der Waals surface area contributed by atoms with Crippen molar-refractivity contribution >= 4 is 28.0 Å². The molecule has 1 heterocycles. The number of carbonyl (C=O) groups is 2. The van der Waals surface area contributed by atoms with Crippen molar-refractivity contribution < 1.29 is 23.5 Å². The molecule has 1 aliphatic heterocycles. The van der Waals surface area contributed by atoms with Crippen molar-refractivity contribution in [3.8, 4) is 0 Å². The van der Waals surface area contributed by atoms with E-state index in [1.54, 1.807) is 17.0 Å². The molecule has 0 aliphatic carbocycles. The van der Waals surface area contributed by atoms with E-state index in [2.05, 4.69) is 15.9 Å². The van der Waals surface area contributed by atoms with E-state index < -0.39 is 23.5 Å². The summed E-state index contributed by atoms with van der Waals surface area (Å²) in [6.07, 6.45) is -0.253. The molecule has 2 aromatic rings. The van der Waals surface area contributed by atoms with E-state index in [4.69, 9.17) is 9.47 Å². The number of nitrogens with zero attached hydrogens (tertiary/aromatic N) is 1. The van der Waals surface area contributed by atoms with Gasteiger partial charge < -0.3 is 14.4 Å². The molecule has 2 aromatic carbocycles. The molecule has 2 atom stereocenters. The van der Waals surface area contributed by atoms with Crippen molar-refractivity contribution in [2.24, 2.45) is 0 Å². The molecule has 0 saturated carbocycles. The highest BCUT2D eigenvalue weighted by Crippen LogP contribution is 2.40. The number of halogens is 2. The third-order valence-electron chi connectivity index (χ3n) is 5.12. The molecule has 0 unspecified atom stereocenters. The molecule has 0 bridgehead atoms. The molecule has 0 radical (unpaired) electrons. The fourth-order valence-electron chi connectivity index (χ4n) is 3.43. The molecule has 3 rings (SSSR count). The second kappa shape index (κ2) is 8.31. The van der Waals surface area contributed by atoms with E-state index in [9.17, 15) is 14.0 Å². The minimum Gasteiger partial charge on any atom is -0.469 e. The summed E-state index contributed by atoms with van der Waals surface area (Å²) >= 11 is 3.40. The third-order valence-corrected chi connectivity index (χ3v) is 5.65. The fraction of sp³-hybridized carbons (Fsp3) is 0.333. The van der Waals surface area contributed by atoms with Gasteiger partial charge in [-0.2, -0.15) is 0 Å². The molecular weight excluding hydrogens is 429 g/mol. The first-order valence-corrected chi connectivity index (χ1v) is 9.72. The maximum absolute atomic E-state index is 13.4. The number of methoxy groups -OCH3 is 1. The zero-order valence-electron chi connectivity index (χ0n) is 15.7. The summed E-state index contributed by atoms with van der Waals surface area (Å²) in [7, 11) is 1.28. The number of ether oxygens (including phenoxy) is 2. The van der Waals surface area contributed by atoms with Crippen LogP contribution in [0, 0.1) is 5.82 Å². The van der Waals surface area contributed by atoms with Crippen LogP contribution in [-0.4, -0.2) is 30.6 Å². The molecule has 0 aromatic heterocycles. The van der Waals surface area contributed by atoms with Gasteiger partial charge in [-0.15, -0.1) is 0 Å². The van der Waals surface area contributed by atoms with Crippen LogP contribution in [0.15, 0.2) is 53.0 Å². The summed E-state index contributed by atoms with van der Waals surface area (Å²) < 4.78 is 24.9. The van der Waals surface area contributed by atoms with E-state index in [0.717, 1.165) is 10.0 Å². The van der Waals surface area contributed by atoms with Crippen LogP contribution in [-0.2, 0) is 19.9 Å². The topological polar surface area (TPSA) is 55.8 Å². The van der Waals surface area contributed by atoms with E-state index in [1.165, 1.54) is 19.2 Å². The lowest BCUT2D eigenvalue weighted by Crippen LogP contribution is -2.49. The summed E-state index contributed by atoms with van der Waals surface area (Å²) in [5, 5.41) is 0. The van der Waals surface area contributed by atoms with Crippen LogP contribution < -0.4 is 0 Å². The second-order valence-corrected chi connectivity index (χ2v) is 7.71. The lowest BCUT2D eigenvalue weighted by Gasteiger charge is -2.43. The number of carbonyl (C=O) groups excluding carboxylic acids is 2. The van der Waals surface area contributed by atoms with Gasteiger partial charge in [-0.05, 0) is 42.3 Å². The van der Waals surface area contributed by atoms with Crippen molar-refractivity contribution in [2.45, 2.75) is 31.4 Å². The van der Waals surface area contributed by atoms with Crippen LogP contribution in [0.1, 0.15) is 36.9 Å². The summed E-state index contributed by atoms with van der Waals surface area (Å²) in [5.74, 6) is -0.892. The molecule has 148 valence electrons. The maximum atomic E-state index is 13.4. The second-order valence-electron chi connectivity index (χ2n) is 6.79. The fourth-order valence-corrected chi connectivity index (χ4v) is 3.70. The van der Waals surface area contributed by atoms with E-state index in [0.29, 0.717) is 18.5 Å². The summed E-state index contributed by atoms with van der Waals surface area (Å²) in [6.45, 7) is 2.32. The first-order valence-electron chi connectivity index (χ1n) is 8.92. The van der Waals surface area contributed by atoms with Gasteiger partial charge in [0.1, 0.15) is 5.82 Å².